The second-order valence-corrected chi connectivity index (χ2v) is 7.08. The molecule has 0 bridgehead atoms. The third kappa shape index (κ3) is 2.65. The lowest BCUT2D eigenvalue weighted by Gasteiger charge is -2.12. The van der Waals surface area contributed by atoms with Gasteiger partial charge in [-0.1, -0.05) is 30.0 Å². The van der Waals surface area contributed by atoms with Crippen LogP contribution in [0.1, 0.15) is 23.5 Å². The van der Waals surface area contributed by atoms with Crippen LogP contribution in [-0.2, 0) is 11.2 Å². The molecule has 0 aliphatic carbocycles. The van der Waals surface area contributed by atoms with Crippen molar-refractivity contribution in [3.63, 3.8) is 0 Å². The Morgan fingerprint density at radius 1 is 1.25 bits per heavy atom. The molecular formula is C17H17N5OS. The number of thioether (sulfide) groups is 1. The number of carbonyl (C=O) groups excluding carboxylic acids is 1. The first-order valence-corrected chi connectivity index (χ1v) is 8.74. The van der Waals surface area contributed by atoms with E-state index in [1.807, 2.05) is 42.5 Å². The molecule has 1 amide bonds. The molecule has 3 heterocycles. The smallest absolute Gasteiger partial charge is 0.237 e. The molecule has 0 spiro atoms. The van der Waals surface area contributed by atoms with Crippen LogP contribution in [0.2, 0.25) is 0 Å². The van der Waals surface area contributed by atoms with Crippen LogP contribution in [0.25, 0.3) is 5.65 Å². The minimum atomic E-state index is -0.203. The van der Waals surface area contributed by atoms with Crippen molar-refractivity contribution < 1.29 is 4.79 Å². The number of carbonyl (C=O) groups is 1. The minimum Gasteiger partial charge on any atom is -0.325 e. The Bertz CT molecular complexity index is 936. The van der Waals surface area contributed by atoms with Crippen molar-refractivity contribution in [2.75, 3.05) is 5.32 Å². The molecule has 3 aromatic rings. The summed E-state index contributed by atoms with van der Waals surface area (Å²) < 4.78 is 1.91. The fourth-order valence-electron chi connectivity index (χ4n) is 3.01. The number of anilines is 1. The van der Waals surface area contributed by atoms with Gasteiger partial charge in [-0.2, -0.15) is 0 Å². The van der Waals surface area contributed by atoms with E-state index in [4.69, 9.17) is 0 Å². The average Bonchev–Trinajstić information content (AvgIpc) is 2.87. The molecule has 24 heavy (non-hydrogen) atoms. The Labute approximate surface area is 143 Å². The lowest BCUT2D eigenvalue weighted by atomic mass is 10.1. The van der Waals surface area contributed by atoms with E-state index in [0.29, 0.717) is 5.16 Å². The lowest BCUT2D eigenvalue weighted by Crippen LogP contribution is -2.24. The van der Waals surface area contributed by atoms with Crippen molar-refractivity contribution >= 4 is 29.0 Å². The normalized spacial score (nSPS) is 17.4. The van der Waals surface area contributed by atoms with E-state index >= 15 is 0 Å². The number of hydrogen-bond acceptors (Lipinski definition) is 5. The maximum atomic E-state index is 12.6. The maximum Gasteiger partial charge on any atom is 0.237 e. The molecule has 1 aliphatic heterocycles. The predicted octanol–water partition coefficient (Wildman–Crippen LogP) is 2.79. The van der Waals surface area contributed by atoms with Gasteiger partial charge in [-0.3, -0.25) is 9.20 Å². The van der Waals surface area contributed by atoms with Crippen molar-refractivity contribution in [2.45, 2.75) is 37.1 Å². The molecule has 1 aliphatic rings. The van der Waals surface area contributed by atoms with E-state index in [0.717, 1.165) is 35.7 Å². The third-order valence-electron chi connectivity index (χ3n) is 4.15. The first-order valence-electron chi connectivity index (χ1n) is 7.86. The minimum absolute atomic E-state index is 0.0134. The van der Waals surface area contributed by atoms with Crippen LogP contribution in [0, 0.1) is 13.8 Å². The van der Waals surface area contributed by atoms with Gasteiger partial charge in [-0.05, 0) is 38.3 Å². The number of aryl methyl sites for hydroxylation is 3. The van der Waals surface area contributed by atoms with Gasteiger partial charge in [0.2, 0.25) is 5.91 Å². The van der Waals surface area contributed by atoms with Gasteiger partial charge in [0, 0.05) is 17.4 Å². The number of nitrogens with one attached hydrogen (secondary N) is 1. The Morgan fingerprint density at radius 3 is 2.96 bits per heavy atom. The van der Waals surface area contributed by atoms with Gasteiger partial charge >= 0.3 is 0 Å². The molecule has 0 radical (unpaired) electrons. The second-order valence-electron chi connectivity index (χ2n) is 5.91. The van der Waals surface area contributed by atoms with Crippen LogP contribution in [0.15, 0.2) is 35.5 Å². The highest BCUT2D eigenvalue weighted by molar-refractivity contribution is 8.00. The van der Waals surface area contributed by atoms with E-state index in [2.05, 4.69) is 26.6 Å². The summed E-state index contributed by atoms with van der Waals surface area (Å²) in [6.45, 7) is 3.86. The first kappa shape index (κ1) is 15.1. The summed E-state index contributed by atoms with van der Waals surface area (Å²) in [5.41, 5.74) is 3.75. The number of para-hydroxylation sites is 1. The van der Waals surface area contributed by atoms with Gasteiger partial charge in [-0.15, -0.1) is 10.2 Å². The molecule has 1 atom stereocenters. The van der Waals surface area contributed by atoms with E-state index < -0.39 is 0 Å². The Balaban J connectivity index is 1.63. The van der Waals surface area contributed by atoms with Gasteiger partial charge in [0.05, 0.1) is 5.25 Å². The Hall–Kier alpha value is -2.41. The molecule has 4 rings (SSSR count). The fourth-order valence-corrected chi connectivity index (χ4v) is 4.09. The van der Waals surface area contributed by atoms with Gasteiger partial charge in [-0.25, -0.2) is 4.98 Å². The number of aromatic nitrogens is 4. The van der Waals surface area contributed by atoms with Crippen molar-refractivity contribution in [1.82, 2.24) is 19.6 Å². The number of benzene rings is 1. The van der Waals surface area contributed by atoms with Crippen LogP contribution >= 0.6 is 11.8 Å². The van der Waals surface area contributed by atoms with Crippen molar-refractivity contribution in [1.29, 1.82) is 0 Å². The number of amides is 1. The van der Waals surface area contributed by atoms with Gasteiger partial charge < -0.3 is 5.32 Å². The van der Waals surface area contributed by atoms with Crippen molar-refractivity contribution in [3.8, 4) is 0 Å². The SMILES string of the molecule is Cc1cc2nnc(S[C@H]3CCc4ccccc4NC3=O)n2c(C)n1. The van der Waals surface area contributed by atoms with Crippen molar-refractivity contribution in [2.24, 2.45) is 0 Å². The van der Waals surface area contributed by atoms with Gasteiger partial charge in [0.15, 0.2) is 10.8 Å². The summed E-state index contributed by atoms with van der Waals surface area (Å²) >= 11 is 1.45. The molecule has 2 aromatic heterocycles. The molecule has 0 unspecified atom stereocenters. The van der Waals surface area contributed by atoms with E-state index in [9.17, 15) is 4.79 Å². The highest BCUT2D eigenvalue weighted by Crippen LogP contribution is 2.31. The zero-order chi connectivity index (χ0) is 16.7. The number of fused-ring (bicyclic) bond motifs is 2. The fraction of sp³-hybridized carbons (Fsp3) is 0.294. The molecule has 0 fully saturated rings. The summed E-state index contributed by atoms with van der Waals surface area (Å²) in [4.78, 5) is 17.0. The average molecular weight is 339 g/mol. The Morgan fingerprint density at radius 2 is 2.08 bits per heavy atom. The summed E-state index contributed by atoms with van der Waals surface area (Å²) in [5.74, 6) is 0.842. The van der Waals surface area contributed by atoms with Crippen LogP contribution in [0.3, 0.4) is 0 Å². The van der Waals surface area contributed by atoms with E-state index in [1.165, 1.54) is 17.3 Å². The maximum absolute atomic E-state index is 12.6. The zero-order valence-electron chi connectivity index (χ0n) is 13.5. The number of hydrogen-bond donors (Lipinski definition) is 1. The summed E-state index contributed by atoms with van der Waals surface area (Å²) in [6.07, 6.45) is 1.63. The molecule has 0 saturated heterocycles. The highest BCUT2D eigenvalue weighted by Gasteiger charge is 2.26. The van der Waals surface area contributed by atoms with Gasteiger partial charge in [0.1, 0.15) is 5.82 Å². The standard InChI is InChI=1S/C17H17N5OS/c1-10-9-15-20-21-17(22(15)11(2)18-10)24-14-8-7-12-5-3-4-6-13(12)19-16(14)23/h3-6,9,14H,7-8H2,1-2H3,(H,19,23)/t14-/m0/s1. The molecule has 122 valence electrons. The first-order chi connectivity index (χ1) is 11.6. The van der Waals surface area contributed by atoms with Crippen LogP contribution in [0.5, 0.6) is 0 Å². The van der Waals surface area contributed by atoms with E-state index in [-0.39, 0.29) is 11.2 Å². The quantitative estimate of drug-likeness (QED) is 0.777. The second kappa shape index (κ2) is 5.90. The molecule has 1 N–H and O–H groups in total. The summed E-state index contributed by atoms with van der Waals surface area (Å²) in [5, 5.41) is 12.0. The zero-order valence-corrected chi connectivity index (χ0v) is 14.3. The molecule has 6 nitrogen and oxygen atoms in total. The molecular weight excluding hydrogens is 322 g/mol. The summed E-state index contributed by atoms with van der Waals surface area (Å²) in [6, 6.07) is 9.85. The highest BCUT2D eigenvalue weighted by atomic mass is 32.2. The topological polar surface area (TPSA) is 72.2 Å². The summed E-state index contributed by atoms with van der Waals surface area (Å²) in [7, 11) is 0. The number of rotatable bonds is 2. The third-order valence-corrected chi connectivity index (χ3v) is 5.36. The largest absolute Gasteiger partial charge is 0.325 e. The number of nitrogens with zero attached hydrogens (tertiary/aromatic N) is 4. The molecule has 0 saturated carbocycles. The van der Waals surface area contributed by atoms with Crippen LogP contribution in [0.4, 0.5) is 5.69 Å². The Kier molecular flexibility index (Phi) is 3.72. The molecule has 1 aromatic carbocycles. The van der Waals surface area contributed by atoms with Crippen LogP contribution in [-0.4, -0.2) is 30.7 Å². The van der Waals surface area contributed by atoms with Crippen LogP contribution < -0.4 is 5.32 Å². The van der Waals surface area contributed by atoms with Crippen molar-refractivity contribution in [3.05, 3.63) is 47.4 Å². The van der Waals surface area contributed by atoms with E-state index in [1.54, 1.807) is 0 Å². The van der Waals surface area contributed by atoms with Gasteiger partial charge in [0.25, 0.3) is 0 Å². The monoisotopic (exact) mass is 339 g/mol. The molecule has 7 heteroatoms. The predicted molar refractivity (Wildman–Crippen MR) is 93.3 cm³/mol. The lowest BCUT2D eigenvalue weighted by molar-refractivity contribution is -0.115.